The fraction of sp³-hybridized carbons (Fsp3) is 0.227. The van der Waals surface area contributed by atoms with E-state index in [0.29, 0.717) is 0 Å². The molecule has 0 atom stereocenters. The normalized spacial score (nSPS) is 10.9. The third-order valence-electron chi connectivity index (χ3n) is 2.74. The first-order valence-corrected chi connectivity index (χ1v) is 8.33. The fourth-order valence-electron chi connectivity index (χ4n) is 1.85. The van der Waals surface area contributed by atoms with Crippen LogP contribution in [0.3, 0.4) is 0 Å². The summed E-state index contributed by atoms with van der Waals surface area (Å²) in [4.78, 5) is 4.60. The molecule has 0 saturated carbocycles. The van der Waals surface area contributed by atoms with Crippen molar-refractivity contribution in [2.75, 3.05) is 0 Å². The maximum absolute atomic E-state index is 4.60. The minimum atomic E-state index is 0.957. The van der Waals surface area contributed by atoms with Crippen LogP contribution in [-0.4, -0.2) is 4.98 Å². The summed E-state index contributed by atoms with van der Waals surface area (Å²) in [5, 5.41) is 1.16. The highest BCUT2D eigenvalue weighted by Gasteiger charge is 1.94. The number of hydrogen-bond acceptors (Lipinski definition) is 1. The Balaban J connectivity index is 0.00000112. The summed E-state index contributed by atoms with van der Waals surface area (Å²) in [6, 6.07) is 12.2. The summed E-state index contributed by atoms with van der Waals surface area (Å²) in [6.45, 7) is 13.7. The summed E-state index contributed by atoms with van der Waals surface area (Å²) in [5.41, 5.74) is 3.08. The molecule has 1 heteroatoms. The van der Waals surface area contributed by atoms with Crippen LogP contribution in [0.25, 0.3) is 17.0 Å². The summed E-state index contributed by atoms with van der Waals surface area (Å²) in [6.07, 6.45) is 11.9. The van der Waals surface area contributed by atoms with Gasteiger partial charge in [0.1, 0.15) is 0 Å². The lowest BCUT2D eigenvalue weighted by molar-refractivity contribution is 1.37. The van der Waals surface area contributed by atoms with Crippen LogP contribution in [-0.2, 0) is 0 Å². The average Bonchev–Trinajstić information content (AvgIpc) is 2.63. The molecule has 1 aromatic carbocycles. The van der Waals surface area contributed by atoms with Crippen LogP contribution < -0.4 is 0 Å². The van der Waals surface area contributed by atoms with Gasteiger partial charge in [0.25, 0.3) is 0 Å². The standard InChI is InChI=1S/C18H17N.2C2H6/c1-3-7-15(8-4-2)11-13-17-14-12-16-9-5-6-10-18(16)19-17;2*1-2/h3-14H,1H2,2H3;2*1-2H3/b8-4-,13-11+,15-7+;;. The van der Waals surface area contributed by atoms with E-state index in [2.05, 4.69) is 23.7 Å². The molecule has 0 bridgehead atoms. The lowest BCUT2D eigenvalue weighted by atomic mass is 10.1. The molecular formula is C22H29N. The SMILES string of the molecule is C=C/C=C(\C=C/C)/C=C/c1ccc2ccccc2n1.CC.CC. The van der Waals surface area contributed by atoms with Gasteiger partial charge in [-0.25, -0.2) is 4.98 Å². The quantitative estimate of drug-likeness (QED) is 0.555. The fourth-order valence-corrected chi connectivity index (χ4v) is 1.85. The maximum atomic E-state index is 4.60. The lowest BCUT2D eigenvalue weighted by Gasteiger charge is -1.98. The van der Waals surface area contributed by atoms with Crippen molar-refractivity contribution >= 4 is 17.0 Å². The van der Waals surface area contributed by atoms with E-state index < -0.39 is 0 Å². The number of pyridine rings is 1. The van der Waals surface area contributed by atoms with Gasteiger partial charge in [-0.2, -0.15) is 0 Å². The predicted octanol–water partition coefficient (Wildman–Crippen LogP) is 6.99. The van der Waals surface area contributed by atoms with Crippen LogP contribution in [0.4, 0.5) is 0 Å². The number of nitrogens with zero attached hydrogens (tertiary/aromatic N) is 1. The van der Waals surface area contributed by atoms with Gasteiger partial charge in [0, 0.05) is 5.39 Å². The van der Waals surface area contributed by atoms with Gasteiger partial charge in [-0.3, -0.25) is 0 Å². The van der Waals surface area contributed by atoms with E-state index in [4.69, 9.17) is 0 Å². The Hall–Kier alpha value is -2.41. The van der Waals surface area contributed by atoms with Crippen molar-refractivity contribution in [2.24, 2.45) is 0 Å². The number of aromatic nitrogens is 1. The first-order chi connectivity index (χ1) is 11.3. The molecule has 1 aromatic heterocycles. The van der Waals surface area contributed by atoms with Crippen LogP contribution >= 0.6 is 0 Å². The molecule has 1 heterocycles. The number of fused-ring (bicyclic) bond motifs is 1. The molecule has 23 heavy (non-hydrogen) atoms. The van der Waals surface area contributed by atoms with Crippen LogP contribution in [0, 0.1) is 0 Å². The highest BCUT2D eigenvalue weighted by Crippen LogP contribution is 2.13. The minimum absolute atomic E-state index is 0.957. The van der Waals surface area contributed by atoms with Crippen LogP contribution in [0.1, 0.15) is 40.3 Å². The molecule has 0 saturated heterocycles. The number of allylic oxidation sites excluding steroid dienone is 6. The third kappa shape index (κ3) is 7.42. The topological polar surface area (TPSA) is 12.9 Å². The molecule has 0 spiro atoms. The second-order valence-electron chi connectivity index (χ2n) is 4.16. The van der Waals surface area contributed by atoms with Crippen molar-refractivity contribution < 1.29 is 0 Å². The maximum Gasteiger partial charge on any atom is 0.0709 e. The molecule has 0 aliphatic carbocycles. The molecule has 2 rings (SSSR count). The zero-order chi connectivity index (χ0) is 17.5. The number of benzene rings is 1. The van der Waals surface area contributed by atoms with Crippen molar-refractivity contribution in [1.82, 2.24) is 4.98 Å². The molecule has 0 fully saturated rings. The van der Waals surface area contributed by atoms with Crippen molar-refractivity contribution in [3.63, 3.8) is 0 Å². The molecule has 122 valence electrons. The van der Waals surface area contributed by atoms with Gasteiger partial charge in [0.15, 0.2) is 0 Å². The van der Waals surface area contributed by atoms with Crippen LogP contribution in [0.15, 0.2) is 78.9 Å². The van der Waals surface area contributed by atoms with Gasteiger partial charge in [-0.05, 0) is 30.7 Å². The Morgan fingerprint density at radius 1 is 0.957 bits per heavy atom. The Morgan fingerprint density at radius 2 is 1.65 bits per heavy atom. The van der Waals surface area contributed by atoms with Gasteiger partial charge in [-0.1, -0.05) is 88.9 Å². The Bertz CT molecular complexity index is 660. The van der Waals surface area contributed by atoms with Crippen molar-refractivity contribution in [1.29, 1.82) is 0 Å². The molecule has 0 aliphatic heterocycles. The van der Waals surface area contributed by atoms with E-state index in [-0.39, 0.29) is 0 Å². The summed E-state index contributed by atoms with van der Waals surface area (Å²) < 4.78 is 0. The number of hydrogen-bond donors (Lipinski definition) is 0. The average molecular weight is 307 g/mol. The zero-order valence-electron chi connectivity index (χ0n) is 15.1. The molecule has 0 unspecified atom stereocenters. The molecular weight excluding hydrogens is 278 g/mol. The second kappa shape index (κ2) is 13.3. The van der Waals surface area contributed by atoms with Gasteiger partial charge in [0.2, 0.25) is 0 Å². The van der Waals surface area contributed by atoms with Crippen molar-refractivity contribution in [3.05, 3.63) is 84.6 Å². The molecule has 0 amide bonds. The van der Waals surface area contributed by atoms with Crippen molar-refractivity contribution in [2.45, 2.75) is 34.6 Å². The zero-order valence-corrected chi connectivity index (χ0v) is 15.1. The van der Waals surface area contributed by atoms with E-state index in [9.17, 15) is 0 Å². The van der Waals surface area contributed by atoms with Gasteiger partial charge in [-0.15, -0.1) is 0 Å². The van der Waals surface area contributed by atoms with Gasteiger partial charge >= 0.3 is 0 Å². The third-order valence-corrected chi connectivity index (χ3v) is 2.74. The van der Waals surface area contributed by atoms with E-state index in [1.807, 2.05) is 89.3 Å². The monoisotopic (exact) mass is 307 g/mol. The summed E-state index contributed by atoms with van der Waals surface area (Å²) in [5.74, 6) is 0. The Morgan fingerprint density at radius 3 is 2.30 bits per heavy atom. The Labute approximate surface area is 141 Å². The first-order valence-electron chi connectivity index (χ1n) is 8.33. The second-order valence-corrected chi connectivity index (χ2v) is 4.16. The molecule has 0 radical (unpaired) electrons. The molecule has 1 nitrogen and oxygen atoms in total. The van der Waals surface area contributed by atoms with E-state index in [1.54, 1.807) is 6.08 Å². The van der Waals surface area contributed by atoms with Crippen LogP contribution in [0.2, 0.25) is 0 Å². The summed E-state index contributed by atoms with van der Waals surface area (Å²) in [7, 11) is 0. The van der Waals surface area contributed by atoms with E-state index in [0.717, 1.165) is 22.2 Å². The first kappa shape index (κ1) is 20.6. The summed E-state index contributed by atoms with van der Waals surface area (Å²) >= 11 is 0. The highest BCUT2D eigenvalue weighted by molar-refractivity contribution is 5.79. The van der Waals surface area contributed by atoms with E-state index >= 15 is 0 Å². The van der Waals surface area contributed by atoms with Crippen molar-refractivity contribution in [3.8, 4) is 0 Å². The predicted molar refractivity (Wildman–Crippen MR) is 107 cm³/mol. The number of rotatable bonds is 4. The lowest BCUT2D eigenvalue weighted by Crippen LogP contribution is -1.82. The number of para-hydroxylation sites is 1. The minimum Gasteiger partial charge on any atom is -0.248 e. The molecule has 2 aromatic rings. The largest absolute Gasteiger partial charge is 0.248 e. The van der Waals surface area contributed by atoms with Gasteiger partial charge in [0.05, 0.1) is 11.2 Å². The van der Waals surface area contributed by atoms with E-state index in [1.165, 1.54) is 0 Å². The molecule has 0 aliphatic rings. The smallest absolute Gasteiger partial charge is 0.0709 e. The van der Waals surface area contributed by atoms with Crippen LogP contribution in [0.5, 0.6) is 0 Å². The van der Waals surface area contributed by atoms with Gasteiger partial charge < -0.3 is 0 Å². The molecule has 0 N–H and O–H groups in total. The Kier molecular flexibility index (Phi) is 11.9. The highest BCUT2D eigenvalue weighted by atomic mass is 14.7.